The predicted molar refractivity (Wildman–Crippen MR) is 112 cm³/mol. The molecule has 3 N–H and O–H groups in total. The molecule has 0 aliphatic carbocycles. The van der Waals surface area contributed by atoms with Crippen LogP contribution < -0.4 is 0 Å². The number of aryl methyl sites for hydroxylation is 1. The van der Waals surface area contributed by atoms with Crippen molar-refractivity contribution in [1.82, 2.24) is 0 Å². The fraction of sp³-hybridized carbons (Fsp3) is 0.238. The van der Waals surface area contributed by atoms with E-state index >= 15 is 0 Å². The minimum atomic E-state index is -0.773. The van der Waals surface area contributed by atoms with Crippen LogP contribution in [-0.2, 0) is 13.0 Å². The standard InChI is InChI=1S/C21H19Cl3O3/c22-16-2-1-3-17(23)21(16)19-13(10-25)5-8-15-12(4-7-14(27)11-26)6-9-18(24)20(15)19/h1-3,5-6,8-9,14,25-27H,4,7,10-11H2. The van der Waals surface area contributed by atoms with Gasteiger partial charge in [0.1, 0.15) is 0 Å². The molecule has 3 aromatic rings. The quantitative estimate of drug-likeness (QED) is 0.506. The van der Waals surface area contributed by atoms with E-state index in [1.165, 1.54) is 0 Å². The summed E-state index contributed by atoms with van der Waals surface area (Å²) in [6.07, 6.45) is 0.228. The van der Waals surface area contributed by atoms with Gasteiger partial charge in [-0.2, -0.15) is 0 Å². The zero-order valence-corrected chi connectivity index (χ0v) is 16.7. The fourth-order valence-corrected chi connectivity index (χ4v) is 4.14. The highest BCUT2D eigenvalue weighted by atomic mass is 35.5. The molecule has 0 heterocycles. The number of fused-ring (bicyclic) bond motifs is 1. The summed E-state index contributed by atoms with van der Waals surface area (Å²) in [5.74, 6) is 0. The molecule has 0 saturated carbocycles. The van der Waals surface area contributed by atoms with Gasteiger partial charge < -0.3 is 15.3 Å². The minimum Gasteiger partial charge on any atom is -0.394 e. The number of hydrogen-bond acceptors (Lipinski definition) is 3. The van der Waals surface area contributed by atoms with Crippen LogP contribution in [0.3, 0.4) is 0 Å². The first kappa shape index (κ1) is 20.4. The summed E-state index contributed by atoms with van der Waals surface area (Å²) in [6.45, 7) is -0.461. The van der Waals surface area contributed by atoms with Crippen molar-refractivity contribution in [3.8, 4) is 11.1 Å². The lowest BCUT2D eigenvalue weighted by Gasteiger charge is -2.18. The fourth-order valence-electron chi connectivity index (χ4n) is 3.29. The number of halogens is 3. The Morgan fingerprint density at radius 1 is 0.778 bits per heavy atom. The molecule has 27 heavy (non-hydrogen) atoms. The van der Waals surface area contributed by atoms with E-state index in [2.05, 4.69) is 0 Å². The van der Waals surface area contributed by atoms with E-state index in [0.29, 0.717) is 44.6 Å². The predicted octanol–water partition coefficient (Wildman–Crippen LogP) is 5.25. The maximum Gasteiger partial charge on any atom is 0.0774 e. The summed E-state index contributed by atoms with van der Waals surface area (Å²) < 4.78 is 0. The van der Waals surface area contributed by atoms with E-state index in [0.717, 1.165) is 16.3 Å². The SMILES string of the molecule is OCc1ccc2c(CCC(O)CO)ccc(Cl)c2c1-c1c(Cl)cccc1Cl. The van der Waals surface area contributed by atoms with Crippen molar-refractivity contribution >= 4 is 45.6 Å². The second kappa shape index (κ2) is 8.78. The van der Waals surface area contributed by atoms with Gasteiger partial charge in [0.25, 0.3) is 0 Å². The van der Waals surface area contributed by atoms with Crippen molar-refractivity contribution in [3.05, 3.63) is 68.7 Å². The Morgan fingerprint density at radius 3 is 2.07 bits per heavy atom. The molecular formula is C21H19Cl3O3. The van der Waals surface area contributed by atoms with Crippen LogP contribution in [0.1, 0.15) is 17.5 Å². The van der Waals surface area contributed by atoms with Crippen LogP contribution in [0.4, 0.5) is 0 Å². The maximum absolute atomic E-state index is 9.90. The molecule has 0 bridgehead atoms. The molecular weight excluding hydrogens is 407 g/mol. The van der Waals surface area contributed by atoms with Crippen molar-refractivity contribution in [2.24, 2.45) is 0 Å². The zero-order chi connectivity index (χ0) is 19.6. The number of hydrogen-bond donors (Lipinski definition) is 3. The third-order valence-corrected chi connectivity index (χ3v) is 5.59. The Kier molecular flexibility index (Phi) is 6.64. The minimum absolute atomic E-state index is 0.184. The molecule has 0 amide bonds. The molecule has 3 aromatic carbocycles. The summed E-state index contributed by atoms with van der Waals surface area (Å²) in [7, 11) is 0. The first-order valence-electron chi connectivity index (χ1n) is 8.55. The molecule has 6 heteroatoms. The maximum atomic E-state index is 9.90. The monoisotopic (exact) mass is 424 g/mol. The van der Waals surface area contributed by atoms with Gasteiger partial charge in [0.15, 0.2) is 0 Å². The molecule has 0 aliphatic heterocycles. The van der Waals surface area contributed by atoms with E-state index in [-0.39, 0.29) is 13.2 Å². The van der Waals surface area contributed by atoms with Crippen molar-refractivity contribution in [1.29, 1.82) is 0 Å². The lowest BCUT2D eigenvalue weighted by atomic mass is 9.90. The smallest absolute Gasteiger partial charge is 0.0774 e. The first-order chi connectivity index (χ1) is 13.0. The summed E-state index contributed by atoms with van der Waals surface area (Å²) in [4.78, 5) is 0. The number of aliphatic hydroxyl groups is 3. The molecule has 0 fully saturated rings. The highest BCUT2D eigenvalue weighted by molar-refractivity contribution is 6.41. The van der Waals surface area contributed by atoms with E-state index in [1.807, 2.05) is 18.2 Å². The van der Waals surface area contributed by atoms with Gasteiger partial charge in [-0.05, 0) is 53.1 Å². The summed E-state index contributed by atoms with van der Waals surface area (Å²) in [5, 5.41) is 31.8. The molecule has 1 unspecified atom stereocenters. The average molecular weight is 426 g/mol. The van der Waals surface area contributed by atoms with Crippen LogP contribution >= 0.6 is 34.8 Å². The van der Waals surface area contributed by atoms with E-state index in [4.69, 9.17) is 39.9 Å². The molecule has 1 atom stereocenters. The molecule has 3 rings (SSSR count). The van der Waals surface area contributed by atoms with Gasteiger partial charge in [0.2, 0.25) is 0 Å². The number of benzene rings is 3. The Morgan fingerprint density at radius 2 is 1.44 bits per heavy atom. The van der Waals surface area contributed by atoms with Crippen LogP contribution in [-0.4, -0.2) is 28.0 Å². The third-order valence-electron chi connectivity index (χ3n) is 4.65. The van der Waals surface area contributed by atoms with Crippen LogP contribution in [0.5, 0.6) is 0 Å². The van der Waals surface area contributed by atoms with Crippen LogP contribution in [0.15, 0.2) is 42.5 Å². The van der Waals surface area contributed by atoms with Gasteiger partial charge >= 0.3 is 0 Å². The molecule has 0 aromatic heterocycles. The Balaban J connectivity index is 2.29. The van der Waals surface area contributed by atoms with E-state index < -0.39 is 6.10 Å². The Hall–Kier alpha value is -1.33. The molecule has 0 spiro atoms. The molecule has 0 saturated heterocycles. The topological polar surface area (TPSA) is 60.7 Å². The molecule has 0 radical (unpaired) electrons. The summed E-state index contributed by atoms with van der Waals surface area (Å²) >= 11 is 19.4. The van der Waals surface area contributed by atoms with Gasteiger partial charge in [-0.1, -0.05) is 59.1 Å². The average Bonchev–Trinajstić information content (AvgIpc) is 2.67. The highest BCUT2D eigenvalue weighted by Crippen LogP contribution is 2.44. The van der Waals surface area contributed by atoms with Gasteiger partial charge in [-0.25, -0.2) is 0 Å². The van der Waals surface area contributed by atoms with Crippen molar-refractivity contribution in [3.63, 3.8) is 0 Å². The van der Waals surface area contributed by atoms with Gasteiger partial charge in [-0.15, -0.1) is 0 Å². The third kappa shape index (κ3) is 4.09. The second-order valence-corrected chi connectivity index (χ2v) is 7.58. The van der Waals surface area contributed by atoms with Crippen LogP contribution in [0.2, 0.25) is 15.1 Å². The highest BCUT2D eigenvalue weighted by Gasteiger charge is 2.19. The molecule has 142 valence electrons. The lowest BCUT2D eigenvalue weighted by Crippen LogP contribution is -2.12. The van der Waals surface area contributed by atoms with Crippen molar-refractivity contribution < 1.29 is 15.3 Å². The van der Waals surface area contributed by atoms with Crippen LogP contribution in [0, 0.1) is 0 Å². The van der Waals surface area contributed by atoms with Gasteiger partial charge in [0, 0.05) is 26.0 Å². The van der Waals surface area contributed by atoms with E-state index in [1.54, 1.807) is 24.3 Å². The number of aliphatic hydroxyl groups excluding tert-OH is 3. The Labute approximate surface area is 172 Å². The largest absolute Gasteiger partial charge is 0.394 e. The van der Waals surface area contributed by atoms with Gasteiger partial charge in [-0.3, -0.25) is 0 Å². The normalized spacial score (nSPS) is 12.5. The molecule has 0 aliphatic rings. The van der Waals surface area contributed by atoms with Crippen molar-refractivity contribution in [2.75, 3.05) is 6.61 Å². The van der Waals surface area contributed by atoms with Crippen LogP contribution in [0.25, 0.3) is 21.9 Å². The lowest BCUT2D eigenvalue weighted by molar-refractivity contribution is 0.0886. The van der Waals surface area contributed by atoms with Gasteiger partial charge in [0.05, 0.1) is 19.3 Å². The second-order valence-electron chi connectivity index (χ2n) is 6.36. The Bertz CT molecular complexity index is 952. The first-order valence-corrected chi connectivity index (χ1v) is 9.68. The summed E-state index contributed by atoms with van der Waals surface area (Å²) in [5.41, 5.74) is 2.99. The summed E-state index contributed by atoms with van der Waals surface area (Å²) in [6, 6.07) is 12.7. The number of rotatable bonds is 6. The van der Waals surface area contributed by atoms with E-state index in [9.17, 15) is 10.2 Å². The zero-order valence-electron chi connectivity index (χ0n) is 14.4. The van der Waals surface area contributed by atoms with Crippen molar-refractivity contribution in [2.45, 2.75) is 25.6 Å². The molecule has 3 nitrogen and oxygen atoms in total.